The van der Waals surface area contributed by atoms with E-state index in [-0.39, 0.29) is 16.8 Å². The highest BCUT2D eigenvalue weighted by Gasteiger charge is 2.23. The zero-order chi connectivity index (χ0) is 17.2. The molecule has 1 atom stereocenters. The van der Waals surface area contributed by atoms with E-state index in [0.717, 1.165) is 17.7 Å². The number of nitrogens with zero attached hydrogens (tertiary/aromatic N) is 2. The van der Waals surface area contributed by atoms with Crippen LogP contribution >= 0.6 is 0 Å². The SMILES string of the molecule is CC(NS(=O)(=O)c1ccc(N2CCCC2=O)cc1)c1ccncc1. The molecule has 1 aliphatic rings. The average molecular weight is 345 g/mol. The van der Waals surface area contributed by atoms with E-state index < -0.39 is 10.0 Å². The number of rotatable bonds is 5. The van der Waals surface area contributed by atoms with Gasteiger partial charge in [-0.3, -0.25) is 9.78 Å². The Bertz CT molecular complexity index is 820. The molecule has 126 valence electrons. The van der Waals surface area contributed by atoms with Gasteiger partial charge in [-0.1, -0.05) is 0 Å². The number of hydrogen-bond donors (Lipinski definition) is 1. The van der Waals surface area contributed by atoms with Gasteiger partial charge in [0, 0.05) is 37.1 Å². The minimum absolute atomic E-state index is 0.0787. The lowest BCUT2D eigenvalue weighted by molar-refractivity contribution is -0.117. The van der Waals surface area contributed by atoms with E-state index in [4.69, 9.17) is 0 Å². The van der Waals surface area contributed by atoms with Crippen molar-refractivity contribution in [3.8, 4) is 0 Å². The van der Waals surface area contributed by atoms with Crippen LogP contribution in [0, 0.1) is 0 Å². The summed E-state index contributed by atoms with van der Waals surface area (Å²) in [6, 6.07) is 9.59. The second-order valence-electron chi connectivity index (χ2n) is 5.77. The van der Waals surface area contributed by atoms with Crippen molar-refractivity contribution in [3.63, 3.8) is 0 Å². The van der Waals surface area contributed by atoms with Crippen LogP contribution in [0.3, 0.4) is 0 Å². The van der Waals surface area contributed by atoms with Crippen LogP contribution in [0.15, 0.2) is 53.7 Å². The molecular formula is C17H19N3O3S. The first-order chi connectivity index (χ1) is 11.5. The van der Waals surface area contributed by atoms with E-state index in [0.29, 0.717) is 13.0 Å². The largest absolute Gasteiger partial charge is 0.312 e. The van der Waals surface area contributed by atoms with Gasteiger partial charge in [0.2, 0.25) is 15.9 Å². The Kier molecular flexibility index (Phi) is 4.64. The molecule has 1 aromatic heterocycles. The predicted octanol–water partition coefficient (Wildman–Crippen LogP) is 2.25. The van der Waals surface area contributed by atoms with Crippen molar-refractivity contribution in [1.82, 2.24) is 9.71 Å². The van der Waals surface area contributed by atoms with Gasteiger partial charge in [-0.05, 0) is 55.3 Å². The summed E-state index contributed by atoms with van der Waals surface area (Å²) in [5, 5.41) is 0. The first-order valence-electron chi connectivity index (χ1n) is 7.80. The molecule has 6 nitrogen and oxygen atoms in total. The molecule has 2 heterocycles. The molecule has 0 saturated carbocycles. The fourth-order valence-corrected chi connectivity index (χ4v) is 3.98. The molecule has 1 aliphatic heterocycles. The fourth-order valence-electron chi connectivity index (χ4n) is 2.75. The number of aromatic nitrogens is 1. The molecule has 1 unspecified atom stereocenters. The minimum atomic E-state index is -3.64. The number of benzene rings is 1. The maximum atomic E-state index is 12.5. The topological polar surface area (TPSA) is 79.4 Å². The molecule has 2 aromatic rings. The number of nitrogens with one attached hydrogen (secondary N) is 1. The van der Waals surface area contributed by atoms with Gasteiger partial charge in [0.15, 0.2) is 0 Å². The summed E-state index contributed by atoms with van der Waals surface area (Å²) < 4.78 is 27.7. The van der Waals surface area contributed by atoms with Gasteiger partial charge < -0.3 is 4.90 Å². The number of hydrogen-bond acceptors (Lipinski definition) is 4. The van der Waals surface area contributed by atoms with Crippen molar-refractivity contribution in [2.24, 2.45) is 0 Å². The summed E-state index contributed by atoms with van der Waals surface area (Å²) in [6.07, 6.45) is 4.64. The first kappa shape index (κ1) is 16.6. The molecule has 1 aromatic carbocycles. The summed E-state index contributed by atoms with van der Waals surface area (Å²) in [4.78, 5) is 17.5. The first-order valence-corrected chi connectivity index (χ1v) is 9.28. The van der Waals surface area contributed by atoms with Crippen LogP contribution in [0.4, 0.5) is 5.69 Å². The van der Waals surface area contributed by atoms with Crippen LogP contribution < -0.4 is 9.62 Å². The maximum Gasteiger partial charge on any atom is 0.241 e. The van der Waals surface area contributed by atoms with E-state index in [1.807, 2.05) is 0 Å². The lowest BCUT2D eigenvalue weighted by atomic mass is 10.1. The number of pyridine rings is 1. The second kappa shape index (κ2) is 6.70. The summed E-state index contributed by atoms with van der Waals surface area (Å²) in [5.74, 6) is 0.0787. The third kappa shape index (κ3) is 3.47. The van der Waals surface area contributed by atoms with Gasteiger partial charge in [0.1, 0.15) is 0 Å². The predicted molar refractivity (Wildman–Crippen MR) is 91.0 cm³/mol. The van der Waals surface area contributed by atoms with Crippen molar-refractivity contribution in [2.45, 2.75) is 30.7 Å². The van der Waals surface area contributed by atoms with E-state index in [1.165, 1.54) is 12.1 Å². The summed E-state index contributed by atoms with van der Waals surface area (Å²) in [7, 11) is -3.64. The zero-order valence-electron chi connectivity index (χ0n) is 13.3. The van der Waals surface area contributed by atoms with Gasteiger partial charge >= 0.3 is 0 Å². The second-order valence-corrected chi connectivity index (χ2v) is 7.48. The van der Waals surface area contributed by atoms with Gasteiger partial charge in [-0.15, -0.1) is 0 Å². The van der Waals surface area contributed by atoms with Crippen molar-refractivity contribution < 1.29 is 13.2 Å². The average Bonchev–Trinajstić information content (AvgIpc) is 3.01. The van der Waals surface area contributed by atoms with E-state index in [9.17, 15) is 13.2 Å². The summed E-state index contributed by atoms with van der Waals surface area (Å²) in [5.41, 5.74) is 1.58. The molecule has 7 heteroatoms. The Balaban J connectivity index is 1.76. The number of anilines is 1. The molecule has 1 saturated heterocycles. The Morgan fingerprint density at radius 1 is 1.12 bits per heavy atom. The smallest absolute Gasteiger partial charge is 0.241 e. The number of amides is 1. The van der Waals surface area contributed by atoms with E-state index in [1.54, 1.807) is 48.5 Å². The number of carbonyl (C=O) groups is 1. The van der Waals surface area contributed by atoms with Gasteiger partial charge in [0.05, 0.1) is 4.90 Å². The van der Waals surface area contributed by atoms with Crippen LogP contribution in [-0.2, 0) is 14.8 Å². The Morgan fingerprint density at radius 2 is 1.79 bits per heavy atom. The Hall–Kier alpha value is -2.25. The molecule has 0 bridgehead atoms. The third-order valence-corrected chi connectivity index (χ3v) is 5.63. The lowest BCUT2D eigenvalue weighted by Crippen LogP contribution is -2.27. The van der Waals surface area contributed by atoms with Crippen LogP contribution in [0.2, 0.25) is 0 Å². The highest BCUT2D eigenvalue weighted by Crippen LogP contribution is 2.23. The van der Waals surface area contributed by atoms with Crippen molar-refractivity contribution in [2.75, 3.05) is 11.4 Å². The van der Waals surface area contributed by atoms with Gasteiger partial charge in [-0.2, -0.15) is 0 Å². The molecule has 1 fully saturated rings. The van der Waals surface area contributed by atoms with Gasteiger partial charge in [0.25, 0.3) is 0 Å². The fraction of sp³-hybridized carbons (Fsp3) is 0.294. The highest BCUT2D eigenvalue weighted by molar-refractivity contribution is 7.89. The molecule has 0 aliphatic carbocycles. The molecule has 1 amide bonds. The molecule has 3 rings (SSSR count). The van der Waals surface area contributed by atoms with E-state index >= 15 is 0 Å². The van der Waals surface area contributed by atoms with Crippen LogP contribution in [0.1, 0.15) is 31.4 Å². The van der Waals surface area contributed by atoms with Crippen molar-refractivity contribution in [1.29, 1.82) is 0 Å². The summed E-state index contributed by atoms with van der Waals surface area (Å²) >= 11 is 0. The van der Waals surface area contributed by atoms with Gasteiger partial charge in [-0.25, -0.2) is 13.1 Å². The van der Waals surface area contributed by atoms with Crippen LogP contribution in [-0.4, -0.2) is 25.9 Å². The normalized spacial score (nSPS) is 16.4. The van der Waals surface area contributed by atoms with Crippen LogP contribution in [0.5, 0.6) is 0 Å². The summed E-state index contributed by atoms with van der Waals surface area (Å²) in [6.45, 7) is 2.46. The monoisotopic (exact) mass is 345 g/mol. The van der Waals surface area contributed by atoms with Crippen molar-refractivity contribution in [3.05, 3.63) is 54.4 Å². The van der Waals surface area contributed by atoms with Crippen molar-refractivity contribution >= 4 is 21.6 Å². The van der Waals surface area contributed by atoms with E-state index in [2.05, 4.69) is 9.71 Å². The Labute approximate surface area is 141 Å². The number of carbonyl (C=O) groups excluding carboxylic acids is 1. The molecule has 1 N–H and O–H groups in total. The third-order valence-electron chi connectivity index (χ3n) is 4.07. The molecule has 0 radical (unpaired) electrons. The molecular weight excluding hydrogens is 326 g/mol. The highest BCUT2D eigenvalue weighted by atomic mass is 32.2. The van der Waals surface area contributed by atoms with Crippen LogP contribution in [0.25, 0.3) is 0 Å². The lowest BCUT2D eigenvalue weighted by Gasteiger charge is -2.17. The minimum Gasteiger partial charge on any atom is -0.312 e. The quantitative estimate of drug-likeness (QED) is 0.901. The Morgan fingerprint density at radius 3 is 2.38 bits per heavy atom. The number of sulfonamides is 1. The zero-order valence-corrected chi connectivity index (χ0v) is 14.2. The standard InChI is InChI=1S/C17H19N3O3S/c1-13(14-8-10-18-11-9-14)19-24(22,23)16-6-4-15(5-7-16)20-12-2-3-17(20)21/h4-11,13,19H,2-3,12H2,1H3. The maximum absolute atomic E-state index is 12.5. The molecule has 24 heavy (non-hydrogen) atoms. The molecule has 0 spiro atoms.